The topological polar surface area (TPSA) is 63.6 Å². The third-order valence-electron chi connectivity index (χ3n) is 3.39. The summed E-state index contributed by atoms with van der Waals surface area (Å²) < 4.78 is 0. The molecular weight excluding hydrogens is 236 g/mol. The number of benzene rings is 1. The van der Waals surface area contributed by atoms with Gasteiger partial charge in [0.25, 0.3) is 0 Å². The number of amidine groups is 1. The molecule has 4 nitrogen and oxygen atoms in total. The minimum absolute atomic E-state index is 0.299. The van der Waals surface area contributed by atoms with Crippen molar-refractivity contribution in [3.63, 3.8) is 0 Å². The van der Waals surface area contributed by atoms with Gasteiger partial charge in [0.2, 0.25) is 0 Å². The molecule has 19 heavy (non-hydrogen) atoms. The van der Waals surface area contributed by atoms with Crippen LogP contribution in [0.1, 0.15) is 24.6 Å². The van der Waals surface area contributed by atoms with Crippen LogP contribution in [0.25, 0.3) is 10.9 Å². The van der Waals surface area contributed by atoms with Gasteiger partial charge in [-0.1, -0.05) is 19.1 Å². The van der Waals surface area contributed by atoms with Gasteiger partial charge in [-0.05, 0) is 30.7 Å². The van der Waals surface area contributed by atoms with E-state index in [0.717, 1.165) is 34.3 Å². The smallest absolute Gasteiger partial charge is 0.123 e. The van der Waals surface area contributed by atoms with Crippen molar-refractivity contribution in [1.29, 1.82) is 0 Å². The van der Waals surface area contributed by atoms with Crippen molar-refractivity contribution < 1.29 is 0 Å². The first-order valence-corrected chi connectivity index (χ1v) is 6.41. The van der Waals surface area contributed by atoms with Crippen LogP contribution in [0.15, 0.2) is 40.5 Å². The van der Waals surface area contributed by atoms with E-state index in [9.17, 15) is 0 Å². The van der Waals surface area contributed by atoms with Crippen molar-refractivity contribution in [1.82, 2.24) is 4.98 Å². The van der Waals surface area contributed by atoms with E-state index < -0.39 is 0 Å². The van der Waals surface area contributed by atoms with Crippen LogP contribution in [0, 0.1) is 12.8 Å². The Labute approximate surface area is 112 Å². The lowest BCUT2D eigenvalue weighted by Crippen LogP contribution is -2.25. The first-order chi connectivity index (χ1) is 9.13. The molecule has 0 fully saturated rings. The minimum Gasteiger partial charge on any atom is -0.386 e. The Balaban J connectivity index is 2.09. The fourth-order valence-corrected chi connectivity index (χ4v) is 2.40. The van der Waals surface area contributed by atoms with Gasteiger partial charge in [-0.15, -0.1) is 5.10 Å². The quantitative estimate of drug-likeness (QED) is 0.848. The molecule has 0 saturated heterocycles. The molecule has 2 N–H and O–H groups in total. The molecule has 1 aliphatic rings. The number of rotatable bonds is 1. The van der Waals surface area contributed by atoms with Crippen molar-refractivity contribution in [2.24, 2.45) is 21.9 Å². The molecule has 0 amide bonds. The summed E-state index contributed by atoms with van der Waals surface area (Å²) in [5.41, 5.74) is 9.84. The molecule has 0 aliphatic carbocycles. The highest BCUT2D eigenvalue weighted by Crippen LogP contribution is 2.21. The predicted molar refractivity (Wildman–Crippen MR) is 78.4 cm³/mol. The highest BCUT2D eigenvalue weighted by Gasteiger charge is 2.18. The van der Waals surface area contributed by atoms with E-state index in [-0.39, 0.29) is 0 Å². The van der Waals surface area contributed by atoms with E-state index in [4.69, 9.17) is 5.73 Å². The number of hydrogen-bond acceptors (Lipinski definition) is 4. The summed E-state index contributed by atoms with van der Waals surface area (Å²) in [6, 6.07) is 10.3. The van der Waals surface area contributed by atoms with Crippen LogP contribution in [0.2, 0.25) is 0 Å². The summed E-state index contributed by atoms with van der Waals surface area (Å²) in [4.78, 5) is 4.51. The van der Waals surface area contributed by atoms with Crippen LogP contribution in [0.3, 0.4) is 0 Å². The maximum absolute atomic E-state index is 5.71. The average molecular weight is 252 g/mol. The van der Waals surface area contributed by atoms with Crippen LogP contribution >= 0.6 is 0 Å². The van der Waals surface area contributed by atoms with E-state index in [1.54, 1.807) is 0 Å². The van der Waals surface area contributed by atoms with E-state index in [1.165, 1.54) is 0 Å². The zero-order chi connectivity index (χ0) is 13.4. The molecule has 1 aromatic heterocycles. The molecule has 0 radical (unpaired) electrons. The van der Waals surface area contributed by atoms with Gasteiger partial charge in [0, 0.05) is 23.4 Å². The molecule has 0 bridgehead atoms. The first-order valence-electron chi connectivity index (χ1n) is 6.41. The number of nitrogens with zero attached hydrogens (tertiary/aromatic N) is 3. The lowest BCUT2D eigenvalue weighted by atomic mass is 9.93. The molecule has 4 heteroatoms. The Morgan fingerprint density at radius 3 is 2.79 bits per heavy atom. The molecule has 0 spiro atoms. The number of aromatic nitrogens is 1. The Bertz CT molecular complexity index is 700. The number of hydrogen-bond donors (Lipinski definition) is 1. The SMILES string of the molecule is Cc1ccc2cc(C3=NN=C(N)CC3C)ccc2n1. The summed E-state index contributed by atoms with van der Waals surface area (Å²) in [5.74, 6) is 0.905. The van der Waals surface area contributed by atoms with Crippen LogP contribution in [0.4, 0.5) is 0 Å². The Morgan fingerprint density at radius 1 is 1.16 bits per heavy atom. The van der Waals surface area contributed by atoms with Crippen LogP contribution < -0.4 is 5.73 Å². The fraction of sp³-hybridized carbons (Fsp3) is 0.267. The van der Waals surface area contributed by atoms with Gasteiger partial charge in [-0.25, -0.2) is 0 Å². The predicted octanol–water partition coefficient (Wildman–Crippen LogP) is 2.64. The average Bonchev–Trinajstić information content (AvgIpc) is 2.38. The number of aryl methyl sites for hydroxylation is 1. The fourth-order valence-electron chi connectivity index (χ4n) is 2.40. The van der Waals surface area contributed by atoms with Gasteiger partial charge in [0.15, 0.2) is 0 Å². The minimum atomic E-state index is 0.299. The third kappa shape index (κ3) is 2.21. The van der Waals surface area contributed by atoms with Crippen LogP contribution in [0.5, 0.6) is 0 Å². The highest BCUT2D eigenvalue weighted by molar-refractivity contribution is 6.07. The maximum Gasteiger partial charge on any atom is 0.123 e. The molecule has 1 aromatic carbocycles. The summed E-state index contributed by atoms with van der Waals surface area (Å²) in [6.07, 6.45) is 0.767. The van der Waals surface area contributed by atoms with Gasteiger partial charge < -0.3 is 5.73 Å². The van der Waals surface area contributed by atoms with E-state index in [2.05, 4.69) is 40.3 Å². The number of fused-ring (bicyclic) bond motifs is 1. The Morgan fingerprint density at radius 2 is 2.00 bits per heavy atom. The van der Waals surface area contributed by atoms with Gasteiger partial charge >= 0.3 is 0 Å². The Hall–Kier alpha value is -2.23. The normalized spacial score (nSPS) is 19.2. The van der Waals surface area contributed by atoms with Crippen LogP contribution in [-0.4, -0.2) is 16.5 Å². The van der Waals surface area contributed by atoms with Gasteiger partial charge in [0.05, 0.1) is 11.2 Å². The molecule has 1 aliphatic heterocycles. The van der Waals surface area contributed by atoms with Crippen molar-refractivity contribution in [3.8, 4) is 0 Å². The van der Waals surface area contributed by atoms with Crippen molar-refractivity contribution >= 4 is 22.5 Å². The van der Waals surface area contributed by atoms with Gasteiger partial charge in [-0.3, -0.25) is 4.98 Å². The zero-order valence-electron chi connectivity index (χ0n) is 11.1. The molecule has 96 valence electrons. The first kappa shape index (κ1) is 11.8. The second-order valence-electron chi connectivity index (χ2n) is 5.04. The second-order valence-corrected chi connectivity index (χ2v) is 5.04. The van der Waals surface area contributed by atoms with E-state index in [1.807, 2.05) is 19.1 Å². The van der Waals surface area contributed by atoms with Crippen LogP contribution in [-0.2, 0) is 0 Å². The Kier molecular flexibility index (Phi) is 2.78. The molecule has 2 heterocycles. The standard InChI is InChI=1S/C15H16N4/c1-9-7-14(16)18-19-15(9)12-5-6-13-11(8-12)4-3-10(2)17-13/h3-6,8-9H,7H2,1-2H3,(H2,16,18). The third-order valence-corrected chi connectivity index (χ3v) is 3.39. The summed E-state index contributed by atoms with van der Waals surface area (Å²) in [7, 11) is 0. The van der Waals surface area contributed by atoms with Gasteiger partial charge in [0.1, 0.15) is 5.84 Å². The van der Waals surface area contributed by atoms with Crippen molar-refractivity contribution in [2.75, 3.05) is 0 Å². The lowest BCUT2D eigenvalue weighted by Gasteiger charge is -2.17. The monoisotopic (exact) mass is 252 g/mol. The zero-order valence-corrected chi connectivity index (χ0v) is 11.1. The van der Waals surface area contributed by atoms with Crippen molar-refractivity contribution in [3.05, 3.63) is 41.6 Å². The van der Waals surface area contributed by atoms with E-state index >= 15 is 0 Å². The maximum atomic E-state index is 5.71. The molecule has 0 saturated carbocycles. The molecule has 1 unspecified atom stereocenters. The van der Waals surface area contributed by atoms with Gasteiger partial charge in [-0.2, -0.15) is 5.10 Å². The second kappa shape index (κ2) is 4.46. The molecular formula is C15H16N4. The highest BCUT2D eigenvalue weighted by atomic mass is 15.2. The number of pyridine rings is 1. The molecule has 1 atom stereocenters. The summed E-state index contributed by atoms with van der Waals surface area (Å²) in [6.45, 7) is 4.12. The van der Waals surface area contributed by atoms with Crippen molar-refractivity contribution in [2.45, 2.75) is 20.3 Å². The summed E-state index contributed by atoms with van der Waals surface area (Å²) >= 11 is 0. The summed E-state index contributed by atoms with van der Waals surface area (Å²) in [5, 5.41) is 9.37. The molecule has 2 aromatic rings. The molecule has 3 rings (SSSR count). The van der Waals surface area contributed by atoms with E-state index in [0.29, 0.717) is 11.8 Å². The largest absolute Gasteiger partial charge is 0.386 e. The lowest BCUT2D eigenvalue weighted by molar-refractivity contribution is 0.784. The number of nitrogens with two attached hydrogens (primary N) is 1.